The second-order valence-electron chi connectivity index (χ2n) is 6.27. The fraction of sp³-hybridized carbons (Fsp3) is 0.333. The highest BCUT2D eigenvalue weighted by Gasteiger charge is 2.14. The van der Waals surface area contributed by atoms with Crippen molar-refractivity contribution in [3.63, 3.8) is 0 Å². The Morgan fingerprint density at radius 2 is 2.08 bits per heavy atom. The summed E-state index contributed by atoms with van der Waals surface area (Å²) in [5.74, 6) is 0.821. The third kappa shape index (κ3) is 3.11. The fourth-order valence-electron chi connectivity index (χ4n) is 2.75. The lowest BCUT2D eigenvalue weighted by Gasteiger charge is -2.13. The van der Waals surface area contributed by atoms with E-state index < -0.39 is 0 Å². The Morgan fingerprint density at radius 3 is 2.75 bits per heavy atom. The molecular weight excluding hydrogens is 304 g/mol. The van der Waals surface area contributed by atoms with Crippen molar-refractivity contribution < 1.29 is 5.11 Å². The van der Waals surface area contributed by atoms with Crippen LogP contribution in [0.4, 0.5) is 0 Å². The van der Waals surface area contributed by atoms with Gasteiger partial charge in [0.15, 0.2) is 0 Å². The SMILES string of the molecule is Cc1cc(-c2nc3cc(CO)ccc3n2CCN(C)C)c[nH]c1=O. The minimum absolute atomic E-state index is 0.00635. The largest absolute Gasteiger partial charge is 0.392 e. The van der Waals surface area contributed by atoms with Gasteiger partial charge >= 0.3 is 0 Å². The van der Waals surface area contributed by atoms with E-state index in [4.69, 9.17) is 4.98 Å². The average Bonchev–Trinajstić information content (AvgIpc) is 2.93. The fourth-order valence-corrected chi connectivity index (χ4v) is 2.75. The van der Waals surface area contributed by atoms with Crippen LogP contribution in [-0.2, 0) is 13.2 Å². The summed E-state index contributed by atoms with van der Waals surface area (Å²) in [6, 6.07) is 7.67. The number of hydrogen-bond donors (Lipinski definition) is 2. The van der Waals surface area contributed by atoms with Crippen LogP contribution in [0.15, 0.2) is 35.3 Å². The van der Waals surface area contributed by atoms with Gasteiger partial charge < -0.3 is 19.6 Å². The zero-order valence-electron chi connectivity index (χ0n) is 14.2. The van der Waals surface area contributed by atoms with Crippen LogP contribution in [0.5, 0.6) is 0 Å². The Bertz CT molecular complexity index is 924. The van der Waals surface area contributed by atoms with Crippen molar-refractivity contribution in [2.24, 2.45) is 0 Å². The van der Waals surface area contributed by atoms with Gasteiger partial charge in [0, 0.05) is 30.4 Å². The minimum atomic E-state index is -0.0859. The number of aromatic nitrogens is 3. The first-order chi connectivity index (χ1) is 11.5. The second-order valence-corrected chi connectivity index (χ2v) is 6.27. The van der Waals surface area contributed by atoms with Crippen molar-refractivity contribution in [1.29, 1.82) is 0 Å². The highest BCUT2D eigenvalue weighted by atomic mass is 16.3. The molecule has 3 rings (SSSR count). The number of imidazole rings is 1. The maximum absolute atomic E-state index is 11.6. The lowest BCUT2D eigenvalue weighted by molar-refractivity contribution is 0.282. The van der Waals surface area contributed by atoms with Crippen LogP contribution >= 0.6 is 0 Å². The zero-order chi connectivity index (χ0) is 17.3. The van der Waals surface area contributed by atoms with Gasteiger partial charge in [0.1, 0.15) is 5.82 Å². The lowest BCUT2D eigenvalue weighted by Crippen LogP contribution is -2.19. The summed E-state index contributed by atoms with van der Waals surface area (Å²) in [5.41, 5.74) is 4.16. The molecule has 0 atom stereocenters. The number of H-pyrrole nitrogens is 1. The van der Waals surface area contributed by atoms with Gasteiger partial charge in [0.2, 0.25) is 0 Å². The molecule has 0 aliphatic rings. The zero-order valence-corrected chi connectivity index (χ0v) is 14.2. The van der Waals surface area contributed by atoms with E-state index in [0.29, 0.717) is 5.56 Å². The van der Waals surface area contributed by atoms with E-state index >= 15 is 0 Å². The molecular formula is C18H22N4O2. The van der Waals surface area contributed by atoms with Gasteiger partial charge in [0.25, 0.3) is 5.56 Å². The number of nitrogens with zero attached hydrogens (tertiary/aromatic N) is 3. The Hall–Kier alpha value is -2.44. The predicted octanol–water partition coefficient (Wildman–Crippen LogP) is 1.75. The molecule has 2 heterocycles. The molecule has 3 aromatic rings. The molecule has 126 valence electrons. The van der Waals surface area contributed by atoms with Crippen LogP contribution in [0.1, 0.15) is 11.1 Å². The maximum Gasteiger partial charge on any atom is 0.250 e. The van der Waals surface area contributed by atoms with Crippen LogP contribution in [-0.4, -0.2) is 45.2 Å². The van der Waals surface area contributed by atoms with E-state index in [2.05, 4.69) is 14.5 Å². The van der Waals surface area contributed by atoms with E-state index in [9.17, 15) is 9.90 Å². The number of aromatic amines is 1. The van der Waals surface area contributed by atoms with Gasteiger partial charge in [0.05, 0.1) is 17.6 Å². The van der Waals surface area contributed by atoms with Crippen molar-refractivity contribution in [3.8, 4) is 11.4 Å². The number of aliphatic hydroxyl groups is 1. The second kappa shape index (κ2) is 6.59. The van der Waals surface area contributed by atoms with Gasteiger partial charge in [-0.3, -0.25) is 4.79 Å². The summed E-state index contributed by atoms with van der Waals surface area (Å²) in [5, 5.41) is 9.35. The Labute approximate surface area is 140 Å². The smallest absolute Gasteiger partial charge is 0.250 e. The average molecular weight is 326 g/mol. The van der Waals surface area contributed by atoms with E-state index in [0.717, 1.165) is 41.1 Å². The molecule has 24 heavy (non-hydrogen) atoms. The summed E-state index contributed by atoms with van der Waals surface area (Å²) in [4.78, 5) is 21.3. The van der Waals surface area contributed by atoms with Crippen molar-refractivity contribution in [1.82, 2.24) is 19.4 Å². The molecule has 0 fully saturated rings. The summed E-state index contributed by atoms with van der Waals surface area (Å²) in [6.45, 7) is 3.45. The summed E-state index contributed by atoms with van der Waals surface area (Å²) >= 11 is 0. The van der Waals surface area contributed by atoms with E-state index in [1.807, 2.05) is 38.4 Å². The van der Waals surface area contributed by atoms with E-state index in [-0.39, 0.29) is 12.2 Å². The molecule has 6 heteroatoms. The number of fused-ring (bicyclic) bond motifs is 1. The highest BCUT2D eigenvalue weighted by molar-refractivity contribution is 5.81. The van der Waals surface area contributed by atoms with Crippen LogP contribution < -0.4 is 5.56 Å². The van der Waals surface area contributed by atoms with Crippen molar-refractivity contribution in [3.05, 3.63) is 51.9 Å². The Kier molecular flexibility index (Phi) is 4.51. The number of aryl methyl sites for hydroxylation is 1. The molecule has 0 bridgehead atoms. The number of hydrogen-bond acceptors (Lipinski definition) is 4. The molecule has 0 aliphatic heterocycles. The summed E-state index contributed by atoms with van der Waals surface area (Å²) in [6.07, 6.45) is 1.70. The van der Waals surface area contributed by atoms with Crippen LogP contribution in [0.2, 0.25) is 0 Å². The monoisotopic (exact) mass is 326 g/mol. The van der Waals surface area contributed by atoms with Crippen LogP contribution in [0, 0.1) is 6.92 Å². The number of benzene rings is 1. The number of aliphatic hydroxyl groups excluding tert-OH is 1. The lowest BCUT2D eigenvalue weighted by atomic mass is 10.2. The first-order valence-electron chi connectivity index (χ1n) is 7.94. The summed E-state index contributed by atoms with van der Waals surface area (Å²) in [7, 11) is 4.07. The molecule has 0 unspecified atom stereocenters. The first-order valence-corrected chi connectivity index (χ1v) is 7.94. The molecule has 1 aromatic carbocycles. The number of likely N-dealkylation sites (N-methyl/N-ethyl adjacent to an activating group) is 1. The molecule has 0 spiro atoms. The first kappa shape index (κ1) is 16.4. The molecule has 0 amide bonds. The van der Waals surface area contributed by atoms with Crippen molar-refractivity contribution in [2.45, 2.75) is 20.1 Å². The van der Waals surface area contributed by atoms with E-state index in [1.54, 1.807) is 13.1 Å². The number of nitrogens with one attached hydrogen (secondary N) is 1. The Morgan fingerprint density at radius 1 is 1.29 bits per heavy atom. The minimum Gasteiger partial charge on any atom is -0.392 e. The molecule has 0 saturated carbocycles. The molecule has 0 aliphatic carbocycles. The van der Waals surface area contributed by atoms with Gasteiger partial charge in [-0.15, -0.1) is 0 Å². The predicted molar refractivity (Wildman–Crippen MR) is 95.0 cm³/mol. The maximum atomic E-state index is 11.6. The molecule has 6 nitrogen and oxygen atoms in total. The Balaban J connectivity index is 2.18. The number of rotatable bonds is 5. The van der Waals surface area contributed by atoms with Crippen molar-refractivity contribution in [2.75, 3.05) is 20.6 Å². The topological polar surface area (TPSA) is 74.2 Å². The van der Waals surface area contributed by atoms with Crippen LogP contribution in [0.25, 0.3) is 22.4 Å². The van der Waals surface area contributed by atoms with Gasteiger partial charge in [-0.05, 0) is 44.8 Å². The van der Waals surface area contributed by atoms with E-state index in [1.165, 1.54) is 0 Å². The molecule has 0 saturated heterocycles. The summed E-state index contributed by atoms with van der Waals surface area (Å²) < 4.78 is 2.16. The van der Waals surface area contributed by atoms with Gasteiger partial charge in [-0.1, -0.05) is 6.07 Å². The van der Waals surface area contributed by atoms with Crippen molar-refractivity contribution >= 4 is 11.0 Å². The normalized spacial score (nSPS) is 11.5. The molecule has 0 radical (unpaired) electrons. The molecule has 2 aromatic heterocycles. The van der Waals surface area contributed by atoms with Gasteiger partial charge in [-0.25, -0.2) is 4.98 Å². The quantitative estimate of drug-likeness (QED) is 0.749. The van der Waals surface area contributed by atoms with Gasteiger partial charge in [-0.2, -0.15) is 0 Å². The number of pyridine rings is 1. The third-order valence-electron chi connectivity index (χ3n) is 4.11. The molecule has 2 N–H and O–H groups in total. The highest BCUT2D eigenvalue weighted by Crippen LogP contribution is 2.25. The standard InChI is InChI=1S/C18H22N4O2/c1-12-8-14(10-19-18(12)24)17-20-15-9-13(11-23)4-5-16(15)22(17)7-6-21(2)3/h4-5,8-10,23H,6-7,11H2,1-3H3,(H,19,24). The third-order valence-corrected chi connectivity index (χ3v) is 4.11. The van der Waals surface area contributed by atoms with Crippen LogP contribution in [0.3, 0.4) is 0 Å².